The van der Waals surface area contributed by atoms with Gasteiger partial charge in [-0.2, -0.15) is 0 Å². The molecular formula is C39H43NO4. The normalized spacial score (nSPS) is 11.2. The van der Waals surface area contributed by atoms with Gasteiger partial charge in [-0.15, -0.1) is 0 Å². The number of hydrogen-bond donors (Lipinski definition) is 2. The molecule has 0 radical (unpaired) electrons. The van der Waals surface area contributed by atoms with Crippen molar-refractivity contribution in [1.29, 1.82) is 0 Å². The van der Waals surface area contributed by atoms with Gasteiger partial charge in [-0.3, -0.25) is 4.79 Å². The molecule has 0 saturated carbocycles. The summed E-state index contributed by atoms with van der Waals surface area (Å²) in [6, 6.07) is 34.0. The number of fused-ring (bicyclic) bond motifs is 1. The first kappa shape index (κ1) is 30.9. The molecule has 5 aromatic rings. The number of aromatic amines is 1. The van der Waals surface area contributed by atoms with Gasteiger partial charge in [0.15, 0.2) is 0 Å². The number of benzene rings is 4. The SMILES string of the molecule is CCCCc1ccc(C(Oc2cccc3[nH]c(-c4ccc(OCCCC(=O)O)cc4)cc23)c2ccc(CCCC)cc2)cc1. The van der Waals surface area contributed by atoms with Crippen molar-refractivity contribution in [3.63, 3.8) is 0 Å². The minimum absolute atomic E-state index is 0.104. The largest absolute Gasteiger partial charge is 0.494 e. The number of H-pyrrole nitrogens is 1. The first-order valence-electron chi connectivity index (χ1n) is 15.9. The Labute approximate surface area is 260 Å². The van der Waals surface area contributed by atoms with E-state index in [9.17, 15) is 4.79 Å². The first-order valence-corrected chi connectivity index (χ1v) is 15.9. The summed E-state index contributed by atoms with van der Waals surface area (Å²) >= 11 is 0. The highest BCUT2D eigenvalue weighted by Crippen LogP contribution is 2.36. The Kier molecular flexibility index (Phi) is 10.7. The van der Waals surface area contributed by atoms with E-state index in [1.54, 1.807) is 0 Å². The van der Waals surface area contributed by atoms with E-state index in [0.717, 1.165) is 57.6 Å². The summed E-state index contributed by atoms with van der Waals surface area (Å²) in [6.45, 7) is 4.83. The van der Waals surface area contributed by atoms with Crippen molar-refractivity contribution in [3.8, 4) is 22.8 Å². The number of aryl methyl sites for hydroxylation is 2. The molecule has 0 aliphatic carbocycles. The zero-order valence-corrected chi connectivity index (χ0v) is 25.9. The molecule has 2 N–H and O–H groups in total. The van der Waals surface area contributed by atoms with Crippen molar-refractivity contribution in [2.24, 2.45) is 0 Å². The Morgan fingerprint density at radius 1 is 0.773 bits per heavy atom. The highest BCUT2D eigenvalue weighted by molar-refractivity contribution is 5.91. The molecule has 0 atom stereocenters. The van der Waals surface area contributed by atoms with Gasteiger partial charge in [0.1, 0.15) is 17.6 Å². The Balaban J connectivity index is 1.40. The molecule has 44 heavy (non-hydrogen) atoms. The van der Waals surface area contributed by atoms with Crippen LogP contribution >= 0.6 is 0 Å². The number of rotatable bonds is 16. The third kappa shape index (κ3) is 8.10. The lowest BCUT2D eigenvalue weighted by molar-refractivity contribution is -0.137. The van der Waals surface area contributed by atoms with E-state index in [2.05, 4.69) is 79.5 Å². The lowest BCUT2D eigenvalue weighted by Gasteiger charge is -2.21. The van der Waals surface area contributed by atoms with Gasteiger partial charge in [0, 0.05) is 23.0 Å². The molecule has 5 heteroatoms. The molecule has 0 saturated heterocycles. The number of carbonyl (C=O) groups is 1. The zero-order chi connectivity index (χ0) is 30.7. The van der Waals surface area contributed by atoms with Crippen molar-refractivity contribution < 1.29 is 19.4 Å². The molecule has 0 unspecified atom stereocenters. The average Bonchev–Trinajstić information content (AvgIpc) is 3.50. The van der Waals surface area contributed by atoms with Crippen molar-refractivity contribution in [2.75, 3.05) is 6.61 Å². The van der Waals surface area contributed by atoms with Crippen LogP contribution in [0.3, 0.4) is 0 Å². The standard InChI is InChI=1S/C39H43NO4/c1-3-5-9-28-14-18-31(19-15-28)39(32-20-16-29(17-21-32)10-6-4-2)44-37-12-7-11-35-34(37)27-36(40-35)30-22-24-33(25-23-30)43-26-8-13-38(41)42/h7,11-12,14-25,27,39-40H,3-6,8-10,13,26H2,1-2H3,(H,41,42). The van der Waals surface area contributed by atoms with Gasteiger partial charge >= 0.3 is 5.97 Å². The molecule has 0 aliphatic heterocycles. The third-order valence-corrected chi connectivity index (χ3v) is 8.04. The van der Waals surface area contributed by atoms with Crippen molar-refractivity contribution in [2.45, 2.75) is 71.3 Å². The van der Waals surface area contributed by atoms with E-state index in [0.29, 0.717) is 13.0 Å². The number of aliphatic carboxylic acids is 1. The number of unbranched alkanes of at least 4 members (excludes halogenated alkanes) is 2. The van der Waals surface area contributed by atoms with Crippen LogP contribution in [0.2, 0.25) is 0 Å². The fourth-order valence-corrected chi connectivity index (χ4v) is 5.47. The molecule has 0 bridgehead atoms. The second-order valence-electron chi connectivity index (χ2n) is 11.5. The predicted molar refractivity (Wildman–Crippen MR) is 179 cm³/mol. The molecule has 228 valence electrons. The van der Waals surface area contributed by atoms with Gasteiger partial charge in [-0.05, 0) is 102 Å². The van der Waals surface area contributed by atoms with E-state index in [4.69, 9.17) is 14.6 Å². The second kappa shape index (κ2) is 15.3. The van der Waals surface area contributed by atoms with Gasteiger partial charge < -0.3 is 19.6 Å². The highest BCUT2D eigenvalue weighted by Gasteiger charge is 2.19. The maximum atomic E-state index is 10.7. The summed E-state index contributed by atoms with van der Waals surface area (Å²) in [5.74, 6) is 0.750. The maximum Gasteiger partial charge on any atom is 0.303 e. The first-order chi connectivity index (χ1) is 21.5. The number of carboxylic acid groups (broad SMARTS) is 1. The summed E-state index contributed by atoms with van der Waals surface area (Å²) in [5, 5.41) is 9.85. The van der Waals surface area contributed by atoms with Gasteiger partial charge in [-0.1, -0.05) is 81.3 Å². The van der Waals surface area contributed by atoms with Crippen LogP contribution in [0, 0.1) is 0 Å². The van der Waals surface area contributed by atoms with E-state index >= 15 is 0 Å². The van der Waals surface area contributed by atoms with E-state index in [1.807, 2.05) is 36.4 Å². The fraction of sp³-hybridized carbons (Fsp3) is 0.308. The number of hydrogen-bond acceptors (Lipinski definition) is 3. The number of nitrogens with one attached hydrogen (secondary N) is 1. The molecule has 5 rings (SSSR count). The van der Waals surface area contributed by atoms with Crippen LogP contribution in [0.25, 0.3) is 22.2 Å². The lowest BCUT2D eigenvalue weighted by Crippen LogP contribution is -2.10. The maximum absolute atomic E-state index is 10.7. The Morgan fingerprint density at radius 2 is 1.39 bits per heavy atom. The summed E-state index contributed by atoms with van der Waals surface area (Å²) in [4.78, 5) is 14.3. The molecule has 0 fully saturated rings. The Morgan fingerprint density at radius 3 is 1.95 bits per heavy atom. The van der Waals surface area contributed by atoms with E-state index < -0.39 is 5.97 Å². The third-order valence-electron chi connectivity index (χ3n) is 8.04. The van der Waals surface area contributed by atoms with Crippen LogP contribution in [-0.2, 0) is 17.6 Å². The predicted octanol–water partition coefficient (Wildman–Crippen LogP) is 9.93. The summed E-state index contributed by atoms with van der Waals surface area (Å²) in [6.07, 6.45) is 7.30. The molecule has 4 aromatic carbocycles. The van der Waals surface area contributed by atoms with E-state index in [1.165, 1.54) is 36.8 Å². The molecule has 0 aliphatic rings. The van der Waals surface area contributed by atoms with Crippen molar-refractivity contribution in [1.82, 2.24) is 4.98 Å². The Bertz CT molecular complexity index is 1570. The van der Waals surface area contributed by atoms with Gasteiger partial charge in [0.2, 0.25) is 0 Å². The topological polar surface area (TPSA) is 71.5 Å². The Hall–Kier alpha value is -4.51. The van der Waals surface area contributed by atoms with Crippen LogP contribution < -0.4 is 9.47 Å². The summed E-state index contributed by atoms with van der Waals surface area (Å²) < 4.78 is 12.6. The minimum atomic E-state index is -0.807. The molecular weight excluding hydrogens is 546 g/mol. The summed E-state index contributed by atoms with van der Waals surface area (Å²) in [7, 11) is 0. The van der Waals surface area contributed by atoms with Crippen LogP contribution in [0.15, 0.2) is 97.1 Å². The zero-order valence-electron chi connectivity index (χ0n) is 25.9. The quantitative estimate of drug-likeness (QED) is 0.112. The highest BCUT2D eigenvalue weighted by atomic mass is 16.5. The molecule has 1 heterocycles. The monoisotopic (exact) mass is 589 g/mol. The van der Waals surface area contributed by atoms with Crippen LogP contribution in [0.4, 0.5) is 0 Å². The van der Waals surface area contributed by atoms with Gasteiger partial charge in [-0.25, -0.2) is 0 Å². The second-order valence-corrected chi connectivity index (χ2v) is 11.5. The molecule has 5 nitrogen and oxygen atoms in total. The lowest BCUT2D eigenvalue weighted by atomic mass is 9.97. The van der Waals surface area contributed by atoms with Gasteiger partial charge in [0.05, 0.1) is 6.61 Å². The molecule has 0 amide bonds. The summed E-state index contributed by atoms with van der Waals surface area (Å²) in [5.41, 5.74) is 8.03. The fourth-order valence-electron chi connectivity index (χ4n) is 5.47. The smallest absolute Gasteiger partial charge is 0.303 e. The molecule has 1 aromatic heterocycles. The molecule has 0 spiro atoms. The van der Waals surface area contributed by atoms with Crippen LogP contribution in [0.1, 0.15) is 80.7 Å². The average molecular weight is 590 g/mol. The van der Waals surface area contributed by atoms with Crippen molar-refractivity contribution >= 4 is 16.9 Å². The minimum Gasteiger partial charge on any atom is -0.494 e. The number of carboxylic acids is 1. The number of aromatic nitrogens is 1. The van der Waals surface area contributed by atoms with Crippen LogP contribution in [0.5, 0.6) is 11.5 Å². The van der Waals surface area contributed by atoms with E-state index in [-0.39, 0.29) is 12.5 Å². The number of ether oxygens (including phenoxy) is 2. The van der Waals surface area contributed by atoms with Crippen molar-refractivity contribution in [3.05, 3.63) is 119 Å². The van der Waals surface area contributed by atoms with Crippen LogP contribution in [-0.4, -0.2) is 22.7 Å². The van der Waals surface area contributed by atoms with Gasteiger partial charge in [0.25, 0.3) is 0 Å².